The van der Waals surface area contributed by atoms with E-state index in [9.17, 15) is 0 Å². The van der Waals surface area contributed by atoms with Crippen LogP contribution in [0.1, 0.15) is 32.3 Å². The summed E-state index contributed by atoms with van der Waals surface area (Å²) in [6.07, 6.45) is 0. The number of hydrogen-bond donors (Lipinski definition) is 1. The molecule has 0 aromatic heterocycles. The predicted molar refractivity (Wildman–Crippen MR) is 82.5 cm³/mol. The smallest absolute Gasteiger partial charge is 0.00478 e. The molecule has 19 heavy (non-hydrogen) atoms. The summed E-state index contributed by atoms with van der Waals surface area (Å²) in [4.78, 5) is 2.66. The fraction of sp³-hybridized carbons (Fsp3) is 0.647. The molecule has 1 heterocycles. The van der Waals surface area contributed by atoms with Crippen molar-refractivity contribution in [2.75, 3.05) is 32.7 Å². The summed E-state index contributed by atoms with van der Waals surface area (Å²) >= 11 is 0. The van der Waals surface area contributed by atoms with Gasteiger partial charge in [0.1, 0.15) is 0 Å². The van der Waals surface area contributed by atoms with E-state index >= 15 is 0 Å². The molecule has 1 aromatic carbocycles. The van der Waals surface area contributed by atoms with Gasteiger partial charge >= 0.3 is 0 Å². The molecular weight excluding hydrogens is 232 g/mol. The van der Waals surface area contributed by atoms with Crippen LogP contribution < -0.4 is 5.32 Å². The Bertz CT molecular complexity index is 351. The molecule has 1 aromatic rings. The fourth-order valence-electron chi connectivity index (χ4n) is 3.08. The summed E-state index contributed by atoms with van der Waals surface area (Å²) in [6.45, 7) is 13.0. The molecule has 0 spiro atoms. The third kappa shape index (κ3) is 4.63. The van der Waals surface area contributed by atoms with Crippen LogP contribution in [0.15, 0.2) is 30.3 Å². The molecule has 2 rings (SSSR count). The standard InChI is InChI=1S/C17H28N2/c1-14-9-18-10-15(2)12-19(11-14)13-16(3)17-7-5-4-6-8-17/h4-8,14-16,18H,9-13H2,1-3H3. The highest BCUT2D eigenvalue weighted by molar-refractivity contribution is 5.19. The molecule has 1 saturated heterocycles. The Morgan fingerprint density at radius 2 is 1.68 bits per heavy atom. The van der Waals surface area contributed by atoms with Gasteiger partial charge in [0.15, 0.2) is 0 Å². The first kappa shape index (κ1) is 14.5. The van der Waals surface area contributed by atoms with Crippen molar-refractivity contribution in [3.63, 3.8) is 0 Å². The van der Waals surface area contributed by atoms with Crippen molar-refractivity contribution in [3.05, 3.63) is 35.9 Å². The Balaban J connectivity index is 1.95. The van der Waals surface area contributed by atoms with E-state index in [1.807, 2.05) is 0 Å². The van der Waals surface area contributed by atoms with Crippen molar-refractivity contribution < 1.29 is 0 Å². The van der Waals surface area contributed by atoms with Gasteiger partial charge in [-0.25, -0.2) is 0 Å². The van der Waals surface area contributed by atoms with Crippen molar-refractivity contribution >= 4 is 0 Å². The van der Waals surface area contributed by atoms with Crippen LogP contribution in [0.2, 0.25) is 0 Å². The van der Waals surface area contributed by atoms with Gasteiger partial charge in [0, 0.05) is 19.6 Å². The van der Waals surface area contributed by atoms with Crippen LogP contribution in [0.25, 0.3) is 0 Å². The van der Waals surface area contributed by atoms with Gasteiger partial charge < -0.3 is 10.2 Å². The molecule has 1 N–H and O–H groups in total. The third-order valence-electron chi connectivity index (χ3n) is 4.03. The summed E-state index contributed by atoms with van der Waals surface area (Å²) in [5.74, 6) is 2.11. The van der Waals surface area contributed by atoms with E-state index in [1.165, 1.54) is 25.2 Å². The second-order valence-electron chi connectivity index (χ2n) is 6.40. The normalized spacial score (nSPS) is 27.5. The third-order valence-corrected chi connectivity index (χ3v) is 4.03. The molecule has 0 radical (unpaired) electrons. The van der Waals surface area contributed by atoms with Gasteiger partial charge in [-0.3, -0.25) is 0 Å². The first-order chi connectivity index (χ1) is 9.15. The highest BCUT2D eigenvalue weighted by Gasteiger charge is 2.19. The van der Waals surface area contributed by atoms with Gasteiger partial charge in [-0.1, -0.05) is 51.1 Å². The lowest BCUT2D eigenvalue weighted by molar-refractivity contribution is 0.178. The van der Waals surface area contributed by atoms with Gasteiger partial charge in [-0.15, -0.1) is 0 Å². The molecule has 3 atom stereocenters. The van der Waals surface area contributed by atoms with Gasteiger partial charge in [0.2, 0.25) is 0 Å². The van der Waals surface area contributed by atoms with Crippen LogP contribution >= 0.6 is 0 Å². The number of hydrogen-bond acceptors (Lipinski definition) is 2. The first-order valence-corrected chi connectivity index (χ1v) is 7.63. The molecule has 1 fully saturated rings. The van der Waals surface area contributed by atoms with E-state index in [4.69, 9.17) is 0 Å². The molecule has 2 heteroatoms. The topological polar surface area (TPSA) is 15.3 Å². The maximum atomic E-state index is 3.57. The molecule has 3 unspecified atom stereocenters. The maximum Gasteiger partial charge on any atom is 0.00478 e. The van der Waals surface area contributed by atoms with Crippen molar-refractivity contribution in [2.45, 2.75) is 26.7 Å². The predicted octanol–water partition coefficient (Wildman–Crippen LogP) is 2.97. The number of benzene rings is 1. The number of nitrogens with one attached hydrogen (secondary N) is 1. The Hall–Kier alpha value is -0.860. The van der Waals surface area contributed by atoms with Crippen LogP contribution in [0.4, 0.5) is 0 Å². The molecule has 0 saturated carbocycles. The summed E-state index contributed by atoms with van der Waals surface area (Å²) < 4.78 is 0. The summed E-state index contributed by atoms with van der Waals surface area (Å²) in [6, 6.07) is 10.9. The van der Waals surface area contributed by atoms with Crippen LogP contribution in [0, 0.1) is 11.8 Å². The average molecular weight is 260 g/mol. The molecule has 1 aliphatic heterocycles. The Labute approximate surface area is 118 Å². The van der Waals surface area contributed by atoms with E-state index in [0.717, 1.165) is 24.9 Å². The Morgan fingerprint density at radius 3 is 2.26 bits per heavy atom. The van der Waals surface area contributed by atoms with Gasteiger partial charge in [0.05, 0.1) is 0 Å². The van der Waals surface area contributed by atoms with Crippen LogP contribution in [-0.4, -0.2) is 37.6 Å². The molecule has 2 nitrogen and oxygen atoms in total. The van der Waals surface area contributed by atoms with E-state index in [-0.39, 0.29) is 0 Å². The fourth-order valence-corrected chi connectivity index (χ4v) is 3.08. The van der Waals surface area contributed by atoms with Gasteiger partial charge in [0.25, 0.3) is 0 Å². The van der Waals surface area contributed by atoms with Crippen molar-refractivity contribution in [2.24, 2.45) is 11.8 Å². The Morgan fingerprint density at radius 1 is 1.11 bits per heavy atom. The maximum absolute atomic E-state index is 3.57. The molecule has 0 bridgehead atoms. The van der Waals surface area contributed by atoms with Crippen LogP contribution in [-0.2, 0) is 0 Å². The summed E-state index contributed by atoms with van der Waals surface area (Å²) in [5.41, 5.74) is 1.46. The quantitative estimate of drug-likeness (QED) is 0.899. The zero-order valence-corrected chi connectivity index (χ0v) is 12.6. The lowest BCUT2D eigenvalue weighted by Gasteiger charge is -2.33. The van der Waals surface area contributed by atoms with Crippen molar-refractivity contribution in [1.29, 1.82) is 0 Å². The molecular formula is C17H28N2. The van der Waals surface area contributed by atoms with Crippen LogP contribution in [0.5, 0.6) is 0 Å². The lowest BCUT2D eigenvalue weighted by atomic mass is 9.98. The average Bonchev–Trinajstić information content (AvgIpc) is 2.37. The minimum Gasteiger partial charge on any atom is -0.316 e. The van der Waals surface area contributed by atoms with E-state index in [2.05, 4.69) is 61.3 Å². The number of rotatable bonds is 3. The van der Waals surface area contributed by atoms with E-state index in [1.54, 1.807) is 0 Å². The SMILES string of the molecule is CC1CNCC(C)CN(CC(C)c2ccccc2)C1. The van der Waals surface area contributed by atoms with Crippen LogP contribution in [0.3, 0.4) is 0 Å². The summed E-state index contributed by atoms with van der Waals surface area (Å²) in [7, 11) is 0. The molecule has 1 aliphatic rings. The van der Waals surface area contributed by atoms with E-state index < -0.39 is 0 Å². The monoisotopic (exact) mass is 260 g/mol. The van der Waals surface area contributed by atoms with E-state index in [0.29, 0.717) is 5.92 Å². The molecule has 0 aliphatic carbocycles. The van der Waals surface area contributed by atoms with Crippen molar-refractivity contribution in [1.82, 2.24) is 10.2 Å². The minimum atomic E-state index is 0.619. The highest BCUT2D eigenvalue weighted by atomic mass is 15.1. The zero-order valence-electron chi connectivity index (χ0n) is 12.6. The zero-order chi connectivity index (χ0) is 13.7. The van der Waals surface area contributed by atoms with Crippen molar-refractivity contribution in [3.8, 4) is 0 Å². The molecule has 0 amide bonds. The highest BCUT2D eigenvalue weighted by Crippen LogP contribution is 2.18. The first-order valence-electron chi connectivity index (χ1n) is 7.63. The lowest BCUT2D eigenvalue weighted by Crippen LogP contribution is -2.43. The van der Waals surface area contributed by atoms with Gasteiger partial charge in [-0.2, -0.15) is 0 Å². The second-order valence-corrected chi connectivity index (χ2v) is 6.40. The minimum absolute atomic E-state index is 0.619. The van der Waals surface area contributed by atoms with Gasteiger partial charge in [-0.05, 0) is 36.4 Å². The Kier molecular flexibility index (Phi) is 5.41. The summed E-state index contributed by atoms with van der Waals surface area (Å²) in [5, 5.41) is 3.57. The number of nitrogens with zero attached hydrogens (tertiary/aromatic N) is 1. The second kappa shape index (κ2) is 7.06. The molecule has 106 valence electrons. The largest absolute Gasteiger partial charge is 0.316 e.